The van der Waals surface area contributed by atoms with E-state index in [9.17, 15) is 0 Å². The fourth-order valence-corrected chi connectivity index (χ4v) is 3.03. The lowest BCUT2D eigenvalue weighted by Crippen LogP contribution is -2.38. The van der Waals surface area contributed by atoms with Crippen LogP contribution in [0.25, 0.3) is 11.4 Å². The number of benzene rings is 2. The third-order valence-electron chi connectivity index (χ3n) is 4.39. The van der Waals surface area contributed by atoms with Gasteiger partial charge in [0.2, 0.25) is 11.7 Å². The first-order valence-corrected chi connectivity index (χ1v) is 10.3. The van der Waals surface area contributed by atoms with Gasteiger partial charge in [0.15, 0.2) is 5.96 Å². The van der Waals surface area contributed by atoms with Crippen molar-refractivity contribution in [1.29, 1.82) is 0 Å². The largest absolute Gasteiger partial charge is 0.496 e. The van der Waals surface area contributed by atoms with Gasteiger partial charge >= 0.3 is 0 Å². The monoisotopic (exact) mass is 555 g/mol. The van der Waals surface area contributed by atoms with Gasteiger partial charge in [-0.15, -0.1) is 24.0 Å². The molecule has 0 atom stereocenters. The molecular formula is C22H27ClIN5O2. The molecule has 166 valence electrons. The fourth-order valence-electron chi connectivity index (χ4n) is 2.90. The van der Waals surface area contributed by atoms with E-state index in [0.717, 1.165) is 42.3 Å². The fraction of sp³-hybridized carbons (Fsp3) is 0.318. The third kappa shape index (κ3) is 7.70. The van der Waals surface area contributed by atoms with Crippen LogP contribution in [0.2, 0.25) is 5.02 Å². The normalized spacial score (nSPS) is 11.0. The highest BCUT2D eigenvalue weighted by Gasteiger charge is 2.08. The maximum Gasteiger partial charge on any atom is 0.228 e. The minimum Gasteiger partial charge on any atom is -0.496 e. The summed E-state index contributed by atoms with van der Waals surface area (Å²) in [7, 11) is 1.69. The van der Waals surface area contributed by atoms with Gasteiger partial charge in [-0.2, -0.15) is 4.98 Å². The van der Waals surface area contributed by atoms with Crippen LogP contribution < -0.4 is 15.4 Å². The molecule has 2 N–H and O–H groups in total. The highest BCUT2D eigenvalue weighted by atomic mass is 127. The summed E-state index contributed by atoms with van der Waals surface area (Å²) in [4.78, 5) is 9.02. The van der Waals surface area contributed by atoms with Crippen LogP contribution in [0.1, 0.15) is 18.4 Å². The maximum absolute atomic E-state index is 5.92. The number of aromatic nitrogens is 2. The Morgan fingerprint density at radius 1 is 1.10 bits per heavy atom. The lowest BCUT2D eigenvalue weighted by molar-refractivity contribution is 0.380. The summed E-state index contributed by atoms with van der Waals surface area (Å²) in [5.74, 6) is 2.75. The number of guanidine groups is 1. The average molecular weight is 556 g/mol. The van der Waals surface area contributed by atoms with E-state index in [2.05, 4.69) is 31.8 Å². The van der Waals surface area contributed by atoms with E-state index in [1.54, 1.807) is 19.2 Å². The summed E-state index contributed by atoms with van der Waals surface area (Å²) in [6, 6.07) is 15.4. The highest BCUT2D eigenvalue weighted by Crippen LogP contribution is 2.19. The van der Waals surface area contributed by atoms with Crippen LogP contribution in [0, 0.1) is 0 Å². The zero-order chi connectivity index (χ0) is 21.2. The number of aliphatic imine (C=N–C) groups is 1. The molecule has 31 heavy (non-hydrogen) atoms. The molecule has 3 rings (SSSR count). The first-order chi connectivity index (χ1) is 14.7. The number of para-hydroxylation sites is 1. The van der Waals surface area contributed by atoms with Gasteiger partial charge in [0.05, 0.1) is 13.7 Å². The second kappa shape index (κ2) is 13.2. The molecular weight excluding hydrogens is 529 g/mol. The molecule has 0 amide bonds. The molecule has 9 heteroatoms. The van der Waals surface area contributed by atoms with Crippen molar-refractivity contribution in [2.75, 3.05) is 26.7 Å². The number of nitrogens with zero attached hydrogens (tertiary/aromatic N) is 3. The summed E-state index contributed by atoms with van der Waals surface area (Å²) in [6.45, 7) is 4.09. The Balaban J connectivity index is 0.00000341. The van der Waals surface area contributed by atoms with Crippen LogP contribution in [-0.4, -0.2) is 42.8 Å². The van der Waals surface area contributed by atoms with Gasteiger partial charge in [0, 0.05) is 30.1 Å². The number of halogens is 2. The quantitative estimate of drug-likeness (QED) is 0.232. The van der Waals surface area contributed by atoms with Crippen molar-refractivity contribution in [3.63, 3.8) is 0 Å². The van der Waals surface area contributed by atoms with E-state index in [1.807, 2.05) is 37.3 Å². The van der Waals surface area contributed by atoms with E-state index in [4.69, 9.17) is 20.9 Å². The Morgan fingerprint density at radius 2 is 1.87 bits per heavy atom. The average Bonchev–Trinajstić information content (AvgIpc) is 3.23. The molecule has 0 radical (unpaired) electrons. The van der Waals surface area contributed by atoms with E-state index < -0.39 is 0 Å². The third-order valence-corrected chi connectivity index (χ3v) is 4.64. The molecule has 0 saturated heterocycles. The van der Waals surface area contributed by atoms with Gasteiger partial charge in [-0.05, 0) is 49.2 Å². The van der Waals surface area contributed by atoms with E-state index in [-0.39, 0.29) is 24.0 Å². The molecule has 0 aliphatic rings. The van der Waals surface area contributed by atoms with Crippen molar-refractivity contribution < 1.29 is 9.26 Å². The molecule has 0 aliphatic carbocycles. The van der Waals surface area contributed by atoms with Gasteiger partial charge in [0.1, 0.15) is 5.75 Å². The summed E-state index contributed by atoms with van der Waals surface area (Å²) in [5, 5.41) is 11.3. The molecule has 0 bridgehead atoms. The maximum atomic E-state index is 5.92. The van der Waals surface area contributed by atoms with Crippen LogP contribution in [0.3, 0.4) is 0 Å². The van der Waals surface area contributed by atoms with Gasteiger partial charge in [-0.3, -0.25) is 4.99 Å². The van der Waals surface area contributed by atoms with Crippen molar-refractivity contribution in [1.82, 2.24) is 20.8 Å². The van der Waals surface area contributed by atoms with Crippen LogP contribution in [-0.2, 0) is 12.8 Å². The van der Waals surface area contributed by atoms with Crippen molar-refractivity contribution >= 4 is 41.5 Å². The lowest BCUT2D eigenvalue weighted by atomic mass is 10.1. The SMILES string of the molecule is CCNC(=NCCc1nc(-c2ccc(Cl)cc2)no1)NCCc1ccccc1OC.I. The molecule has 2 aromatic carbocycles. The van der Waals surface area contributed by atoms with Crippen molar-refractivity contribution in [3.05, 3.63) is 65.0 Å². The lowest BCUT2D eigenvalue weighted by Gasteiger charge is -2.12. The van der Waals surface area contributed by atoms with E-state index in [1.165, 1.54) is 0 Å². The summed E-state index contributed by atoms with van der Waals surface area (Å²) >= 11 is 5.92. The first kappa shape index (κ1) is 24.9. The molecule has 1 heterocycles. The van der Waals surface area contributed by atoms with Crippen LogP contribution >= 0.6 is 35.6 Å². The van der Waals surface area contributed by atoms with Crippen LogP contribution in [0.5, 0.6) is 5.75 Å². The number of methoxy groups -OCH3 is 1. The number of rotatable bonds is 9. The number of hydrogen-bond acceptors (Lipinski definition) is 5. The second-order valence-corrected chi connectivity index (χ2v) is 6.95. The Kier molecular flexibility index (Phi) is 10.6. The second-order valence-electron chi connectivity index (χ2n) is 6.52. The van der Waals surface area contributed by atoms with Crippen molar-refractivity contribution in [2.45, 2.75) is 19.8 Å². The smallest absolute Gasteiger partial charge is 0.228 e. The van der Waals surface area contributed by atoms with E-state index >= 15 is 0 Å². The predicted molar refractivity (Wildman–Crippen MR) is 135 cm³/mol. The summed E-state index contributed by atoms with van der Waals surface area (Å²) in [5.41, 5.74) is 2.02. The molecule has 0 saturated carbocycles. The molecule has 0 fully saturated rings. The minimum absolute atomic E-state index is 0. The van der Waals surface area contributed by atoms with Gasteiger partial charge in [0.25, 0.3) is 0 Å². The summed E-state index contributed by atoms with van der Waals surface area (Å²) in [6.07, 6.45) is 1.40. The zero-order valence-corrected chi connectivity index (χ0v) is 20.7. The Morgan fingerprint density at radius 3 is 2.61 bits per heavy atom. The molecule has 0 spiro atoms. The molecule has 0 unspecified atom stereocenters. The Bertz CT molecular complexity index is 963. The highest BCUT2D eigenvalue weighted by molar-refractivity contribution is 14.0. The van der Waals surface area contributed by atoms with Gasteiger partial charge in [-0.25, -0.2) is 0 Å². The Labute approximate surface area is 204 Å². The standard InChI is InChI=1S/C22H26ClN5O2.HI/c1-3-24-22(25-14-12-16-6-4-5-7-19(16)29-2)26-15-13-20-27-21(28-30-20)17-8-10-18(23)11-9-17;/h4-11H,3,12-15H2,1-2H3,(H2,24,25,26);1H. The van der Waals surface area contributed by atoms with Crippen LogP contribution in [0.4, 0.5) is 0 Å². The minimum atomic E-state index is 0. The number of nitrogens with one attached hydrogen (secondary N) is 2. The Hall–Kier alpha value is -2.33. The van der Waals surface area contributed by atoms with Gasteiger partial charge in [-0.1, -0.05) is 35.0 Å². The van der Waals surface area contributed by atoms with E-state index in [0.29, 0.717) is 29.7 Å². The molecule has 7 nitrogen and oxygen atoms in total. The van der Waals surface area contributed by atoms with Crippen molar-refractivity contribution in [2.24, 2.45) is 4.99 Å². The molecule has 3 aromatic rings. The van der Waals surface area contributed by atoms with Gasteiger partial charge < -0.3 is 19.9 Å². The number of hydrogen-bond donors (Lipinski definition) is 2. The zero-order valence-electron chi connectivity index (χ0n) is 17.6. The predicted octanol–water partition coefficient (Wildman–Crippen LogP) is 4.36. The first-order valence-electron chi connectivity index (χ1n) is 9.92. The van der Waals surface area contributed by atoms with Crippen LogP contribution in [0.15, 0.2) is 58.0 Å². The topological polar surface area (TPSA) is 84.6 Å². The van der Waals surface area contributed by atoms with Crippen molar-refractivity contribution in [3.8, 4) is 17.1 Å². The molecule has 1 aromatic heterocycles. The summed E-state index contributed by atoms with van der Waals surface area (Å²) < 4.78 is 10.7. The molecule has 0 aliphatic heterocycles. The number of ether oxygens (including phenoxy) is 1.